The molecule has 0 amide bonds. The van der Waals surface area contributed by atoms with E-state index >= 15 is 0 Å². The van der Waals surface area contributed by atoms with Crippen molar-refractivity contribution in [3.63, 3.8) is 0 Å². The fraction of sp³-hybridized carbons (Fsp3) is 0.647. The van der Waals surface area contributed by atoms with Gasteiger partial charge in [0, 0.05) is 5.41 Å². The average Bonchev–Trinajstić information content (AvgIpc) is 2.61. The Balaban J connectivity index is 2.02. The molecule has 0 bridgehead atoms. The van der Waals surface area contributed by atoms with Gasteiger partial charge >= 0.3 is 0 Å². The molecule has 0 unspecified atom stereocenters. The van der Waals surface area contributed by atoms with Gasteiger partial charge in [-0.25, -0.2) is 0 Å². The van der Waals surface area contributed by atoms with Crippen molar-refractivity contribution in [2.24, 2.45) is 5.41 Å². The van der Waals surface area contributed by atoms with Gasteiger partial charge in [-0.15, -0.1) is 0 Å². The van der Waals surface area contributed by atoms with Gasteiger partial charge in [-0.2, -0.15) is 12.6 Å². The van der Waals surface area contributed by atoms with Crippen LogP contribution in [0.2, 0.25) is 0 Å². The summed E-state index contributed by atoms with van der Waals surface area (Å²) >= 11 is 4.60. The van der Waals surface area contributed by atoms with Gasteiger partial charge in [-0.05, 0) is 55.7 Å². The molecule has 0 aromatic heterocycles. The summed E-state index contributed by atoms with van der Waals surface area (Å²) in [5, 5.41) is 0. The van der Waals surface area contributed by atoms with Crippen LogP contribution in [0.25, 0.3) is 0 Å². The van der Waals surface area contributed by atoms with Gasteiger partial charge in [0.1, 0.15) is 5.75 Å². The van der Waals surface area contributed by atoms with Gasteiger partial charge < -0.3 is 4.74 Å². The summed E-state index contributed by atoms with van der Waals surface area (Å²) < 4.78 is 6.11. The topological polar surface area (TPSA) is 9.23 Å². The summed E-state index contributed by atoms with van der Waals surface area (Å²) in [6.45, 7) is 5.07. The van der Waals surface area contributed by atoms with Crippen molar-refractivity contribution in [2.45, 2.75) is 52.4 Å². The second-order valence-electron chi connectivity index (χ2n) is 6.18. The molecule has 1 aliphatic carbocycles. The van der Waals surface area contributed by atoms with E-state index in [0.717, 1.165) is 18.1 Å². The van der Waals surface area contributed by atoms with Crippen molar-refractivity contribution < 1.29 is 4.74 Å². The Morgan fingerprint density at radius 1 is 1.00 bits per heavy atom. The zero-order valence-electron chi connectivity index (χ0n) is 12.2. The Bertz CT molecular complexity index is 385. The molecule has 1 aromatic carbocycles. The van der Waals surface area contributed by atoms with Crippen molar-refractivity contribution >= 4 is 12.6 Å². The average molecular weight is 278 g/mol. The zero-order valence-corrected chi connectivity index (χ0v) is 13.1. The molecular formula is C17H26OS. The van der Waals surface area contributed by atoms with Crippen molar-refractivity contribution in [1.29, 1.82) is 0 Å². The molecular weight excluding hydrogens is 252 g/mol. The zero-order chi connectivity index (χ0) is 13.7. The quantitative estimate of drug-likeness (QED) is 0.605. The van der Waals surface area contributed by atoms with E-state index in [1.807, 2.05) is 0 Å². The fourth-order valence-electron chi connectivity index (χ4n) is 3.08. The molecule has 1 fully saturated rings. The molecule has 1 nitrogen and oxygen atoms in total. The normalized spacial score (nSPS) is 18.9. The molecule has 0 aliphatic heterocycles. The number of rotatable bonds is 4. The number of hydrogen-bond donors (Lipinski definition) is 1. The van der Waals surface area contributed by atoms with E-state index in [1.165, 1.54) is 49.7 Å². The smallest absolute Gasteiger partial charge is 0.119 e. The Labute approximate surface area is 123 Å². The molecule has 0 atom stereocenters. The standard InChI is InChI=1S/C17H26OS/c1-14-9-15(2)11-16(10-14)18-12-17(13-19)7-5-3-4-6-8-17/h9-11,19H,3-8,12-13H2,1-2H3. The number of aryl methyl sites for hydroxylation is 2. The maximum absolute atomic E-state index is 6.11. The van der Waals surface area contributed by atoms with Gasteiger partial charge in [0.05, 0.1) is 6.61 Å². The highest BCUT2D eigenvalue weighted by Crippen LogP contribution is 2.36. The summed E-state index contributed by atoms with van der Waals surface area (Å²) in [6.07, 6.45) is 7.94. The molecule has 0 spiro atoms. The van der Waals surface area contributed by atoms with Crippen LogP contribution < -0.4 is 4.74 Å². The Morgan fingerprint density at radius 2 is 1.58 bits per heavy atom. The first kappa shape index (κ1) is 14.8. The second kappa shape index (κ2) is 6.69. The molecule has 0 heterocycles. The largest absolute Gasteiger partial charge is 0.493 e. The minimum atomic E-state index is 0.289. The summed E-state index contributed by atoms with van der Waals surface area (Å²) in [7, 11) is 0. The van der Waals surface area contributed by atoms with Crippen LogP contribution in [0.4, 0.5) is 0 Å². The predicted molar refractivity (Wildman–Crippen MR) is 85.4 cm³/mol. The van der Waals surface area contributed by atoms with Gasteiger partial charge in [-0.1, -0.05) is 31.7 Å². The third-order valence-electron chi connectivity index (χ3n) is 4.24. The van der Waals surface area contributed by atoms with Crippen molar-refractivity contribution in [2.75, 3.05) is 12.4 Å². The van der Waals surface area contributed by atoms with E-state index < -0.39 is 0 Å². The Hall–Kier alpha value is -0.630. The van der Waals surface area contributed by atoms with Crippen LogP contribution in [0.3, 0.4) is 0 Å². The third kappa shape index (κ3) is 4.17. The van der Waals surface area contributed by atoms with E-state index in [2.05, 4.69) is 44.7 Å². The van der Waals surface area contributed by atoms with E-state index in [4.69, 9.17) is 4.74 Å². The second-order valence-corrected chi connectivity index (χ2v) is 6.50. The lowest BCUT2D eigenvalue weighted by Gasteiger charge is -2.31. The number of hydrogen-bond acceptors (Lipinski definition) is 2. The van der Waals surface area contributed by atoms with Crippen LogP contribution in [0.15, 0.2) is 18.2 Å². The van der Waals surface area contributed by atoms with Gasteiger partial charge in [0.15, 0.2) is 0 Å². The van der Waals surface area contributed by atoms with E-state index in [0.29, 0.717) is 0 Å². The SMILES string of the molecule is Cc1cc(C)cc(OCC2(CS)CCCCCC2)c1. The highest BCUT2D eigenvalue weighted by Gasteiger charge is 2.30. The van der Waals surface area contributed by atoms with Crippen molar-refractivity contribution in [3.05, 3.63) is 29.3 Å². The summed E-state index contributed by atoms with van der Waals surface area (Å²) in [6, 6.07) is 6.46. The van der Waals surface area contributed by atoms with Crippen molar-refractivity contribution in [3.8, 4) is 5.75 Å². The molecule has 1 aliphatic rings. The summed E-state index contributed by atoms with van der Waals surface area (Å²) in [5.74, 6) is 1.96. The molecule has 0 N–H and O–H groups in total. The minimum Gasteiger partial charge on any atom is -0.493 e. The van der Waals surface area contributed by atoms with E-state index in [1.54, 1.807) is 0 Å². The van der Waals surface area contributed by atoms with Crippen LogP contribution in [0.1, 0.15) is 49.7 Å². The maximum Gasteiger partial charge on any atom is 0.119 e. The molecule has 2 rings (SSSR count). The van der Waals surface area contributed by atoms with Crippen LogP contribution >= 0.6 is 12.6 Å². The van der Waals surface area contributed by atoms with Gasteiger partial charge in [0.25, 0.3) is 0 Å². The molecule has 106 valence electrons. The first-order valence-corrected chi connectivity index (χ1v) is 8.09. The minimum absolute atomic E-state index is 0.289. The molecule has 1 saturated carbocycles. The first-order valence-electron chi connectivity index (χ1n) is 7.46. The maximum atomic E-state index is 6.11. The molecule has 0 radical (unpaired) electrons. The summed E-state index contributed by atoms with van der Waals surface area (Å²) in [4.78, 5) is 0. The number of ether oxygens (including phenoxy) is 1. The number of benzene rings is 1. The predicted octanol–water partition coefficient (Wildman–Crippen LogP) is 4.95. The Kier molecular flexibility index (Phi) is 5.20. The lowest BCUT2D eigenvalue weighted by Crippen LogP contribution is -2.30. The van der Waals surface area contributed by atoms with Crippen LogP contribution in [0, 0.1) is 19.3 Å². The lowest BCUT2D eigenvalue weighted by molar-refractivity contribution is 0.148. The lowest BCUT2D eigenvalue weighted by atomic mass is 9.83. The van der Waals surface area contributed by atoms with Crippen LogP contribution in [-0.2, 0) is 0 Å². The molecule has 19 heavy (non-hydrogen) atoms. The fourth-order valence-corrected chi connectivity index (χ4v) is 3.49. The third-order valence-corrected chi connectivity index (χ3v) is 4.91. The van der Waals surface area contributed by atoms with Crippen LogP contribution in [-0.4, -0.2) is 12.4 Å². The van der Waals surface area contributed by atoms with Gasteiger partial charge in [-0.3, -0.25) is 0 Å². The monoisotopic (exact) mass is 278 g/mol. The molecule has 1 aromatic rings. The van der Waals surface area contributed by atoms with E-state index in [-0.39, 0.29) is 5.41 Å². The molecule has 0 saturated heterocycles. The highest BCUT2D eigenvalue weighted by molar-refractivity contribution is 7.80. The van der Waals surface area contributed by atoms with Gasteiger partial charge in [0.2, 0.25) is 0 Å². The molecule has 2 heteroatoms. The van der Waals surface area contributed by atoms with Crippen molar-refractivity contribution in [1.82, 2.24) is 0 Å². The van der Waals surface area contributed by atoms with Crippen LogP contribution in [0.5, 0.6) is 5.75 Å². The number of thiol groups is 1. The Morgan fingerprint density at radius 3 is 2.11 bits per heavy atom. The highest BCUT2D eigenvalue weighted by atomic mass is 32.1. The van der Waals surface area contributed by atoms with E-state index in [9.17, 15) is 0 Å². The first-order chi connectivity index (χ1) is 9.13. The summed E-state index contributed by atoms with van der Waals surface area (Å²) in [5.41, 5.74) is 2.84.